The summed E-state index contributed by atoms with van der Waals surface area (Å²) >= 11 is 3.81. The fraction of sp³-hybridized carbons (Fsp3) is 1.00. The number of hydrogen-bond acceptors (Lipinski definition) is 5. The van der Waals surface area contributed by atoms with E-state index < -0.39 is 10.0 Å². The zero-order chi connectivity index (χ0) is 13.6. The molecule has 19 heavy (non-hydrogen) atoms. The molecule has 2 heterocycles. The summed E-state index contributed by atoms with van der Waals surface area (Å²) in [4.78, 5) is 0. The lowest BCUT2D eigenvalue weighted by Gasteiger charge is -2.24. The van der Waals surface area contributed by atoms with Gasteiger partial charge in [-0.1, -0.05) is 6.42 Å². The summed E-state index contributed by atoms with van der Waals surface area (Å²) in [5, 5.41) is 3.84. The zero-order valence-electron chi connectivity index (χ0n) is 11.3. The Hall–Kier alpha value is 0.570. The quantitative estimate of drug-likeness (QED) is 0.771. The monoisotopic (exact) mass is 324 g/mol. The number of sulfonamides is 1. The van der Waals surface area contributed by atoms with Crippen molar-refractivity contribution >= 4 is 33.5 Å². The van der Waals surface area contributed by atoms with E-state index in [4.69, 9.17) is 0 Å². The standard InChI is InChI=1S/C12H24N2O2S3/c15-19(16,8-4-11-3-1-2-5-13-11)14-9-12-10-17-6-7-18-12/h11-14H,1-10H2. The Morgan fingerprint density at radius 3 is 2.84 bits per heavy atom. The highest BCUT2D eigenvalue weighted by molar-refractivity contribution is 8.06. The van der Waals surface area contributed by atoms with Gasteiger partial charge in [-0.2, -0.15) is 23.5 Å². The Labute approximate surface area is 125 Å². The highest BCUT2D eigenvalue weighted by Gasteiger charge is 2.20. The minimum absolute atomic E-state index is 0.259. The van der Waals surface area contributed by atoms with Gasteiger partial charge in [0.2, 0.25) is 10.0 Å². The summed E-state index contributed by atoms with van der Waals surface area (Å²) in [6.07, 6.45) is 4.30. The Morgan fingerprint density at radius 1 is 1.26 bits per heavy atom. The zero-order valence-corrected chi connectivity index (χ0v) is 13.7. The maximum Gasteiger partial charge on any atom is 0.211 e. The molecule has 0 radical (unpaired) electrons. The van der Waals surface area contributed by atoms with E-state index in [1.165, 1.54) is 18.6 Å². The Balaban J connectivity index is 1.65. The third-order valence-corrected chi connectivity index (χ3v) is 7.79. The molecule has 2 N–H and O–H groups in total. The predicted molar refractivity (Wildman–Crippen MR) is 85.6 cm³/mol. The van der Waals surface area contributed by atoms with Crippen LogP contribution in [-0.2, 0) is 10.0 Å². The lowest BCUT2D eigenvalue weighted by atomic mass is 10.0. The lowest BCUT2D eigenvalue weighted by Crippen LogP contribution is -2.39. The van der Waals surface area contributed by atoms with Crippen molar-refractivity contribution in [2.75, 3.05) is 36.1 Å². The molecule has 2 atom stereocenters. The fourth-order valence-corrected chi connectivity index (χ4v) is 6.33. The molecule has 2 fully saturated rings. The maximum atomic E-state index is 12.0. The van der Waals surface area contributed by atoms with Gasteiger partial charge >= 0.3 is 0 Å². The number of nitrogens with one attached hydrogen (secondary N) is 2. The van der Waals surface area contributed by atoms with E-state index in [1.54, 1.807) is 0 Å². The Bertz CT molecular complexity index is 322. The van der Waals surface area contributed by atoms with Gasteiger partial charge in [0.15, 0.2) is 0 Å². The Morgan fingerprint density at radius 2 is 2.16 bits per heavy atom. The molecular weight excluding hydrogens is 300 g/mol. The van der Waals surface area contributed by atoms with Crippen LogP contribution in [0, 0.1) is 0 Å². The van der Waals surface area contributed by atoms with E-state index in [9.17, 15) is 8.42 Å². The first kappa shape index (κ1) is 15.9. The van der Waals surface area contributed by atoms with Crippen molar-refractivity contribution in [1.82, 2.24) is 10.0 Å². The van der Waals surface area contributed by atoms with Gasteiger partial charge in [0.05, 0.1) is 5.75 Å². The molecule has 2 aliphatic rings. The first-order valence-electron chi connectivity index (χ1n) is 7.06. The maximum absolute atomic E-state index is 12.0. The van der Waals surface area contributed by atoms with Crippen molar-refractivity contribution in [1.29, 1.82) is 0 Å². The summed E-state index contributed by atoms with van der Waals surface area (Å²) in [5.74, 6) is 3.66. The molecule has 2 unspecified atom stereocenters. The van der Waals surface area contributed by atoms with Crippen LogP contribution < -0.4 is 10.0 Å². The van der Waals surface area contributed by atoms with E-state index in [1.807, 2.05) is 23.5 Å². The highest BCUT2D eigenvalue weighted by Crippen LogP contribution is 2.23. The van der Waals surface area contributed by atoms with Gasteiger partial charge in [0.25, 0.3) is 0 Å². The molecule has 4 nitrogen and oxygen atoms in total. The molecule has 0 aromatic carbocycles. The van der Waals surface area contributed by atoms with Gasteiger partial charge in [0, 0.05) is 35.1 Å². The molecule has 2 aliphatic heterocycles. The summed E-state index contributed by atoms with van der Waals surface area (Å²) in [6, 6.07) is 0.393. The lowest BCUT2D eigenvalue weighted by molar-refractivity contribution is 0.392. The molecule has 112 valence electrons. The topological polar surface area (TPSA) is 58.2 Å². The minimum Gasteiger partial charge on any atom is -0.314 e. The van der Waals surface area contributed by atoms with Crippen molar-refractivity contribution in [2.45, 2.75) is 37.0 Å². The van der Waals surface area contributed by atoms with Crippen molar-refractivity contribution < 1.29 is 8.42 Å². The SMILES string of the molecule is O=S(=O)(CCC1CCCCN1)NCC1CSCCS1. The molecule has 0 amide bonds. The molecule has 0 aromatic heterocycles. The second-order valence-corrected chi connectivity index (χ2v) is 9.66. The molecule has 2 saturated heterocycles. The third-order valence-electron chi connectivity index (χ3n) is 3.56. The summed E-state index contributed by atoms with van der Waals surface area (Å²) < 4.78 is 26.7. The molecule has 2 rings (SSSR count). The average Bonchev–Trinajstić information content (AvgIpc) is 2.46. The van der Waals surface area contributed by atoms with Crippen LogP contribution in [0.2, 0.25) is 0 Å². The molecule has 0 aromatic rings. The van der Waals surface area contributed by atoms with Crippen LogP contribution in [0.1, 0.15) is 25.7 Å². The molecule has 0 aliphatic carbocycles. The third kappa shape index (κ3) is 6.25. The minimum atomic E-state index is -3.09. The van der Waals surface area contributed by atoms with Gasteiger partial charge in [-0.05, 0) is 25.8 Å². The number of thioether (sulfide) groups is 2. The van der Waals surface area contributed by atoms with Gasteiger partial charge < -0.3 is 5.32 Å². The van der Waals surface area contributed by atoms with Gasteiger partial charge in [-0.25, -0.2) is 13.1 Å². The first-order chi connectivity index (χ1) is 9.16. The van der Waals surface area contributed by atoms with Crippen molar-refractivity contribution in [3.8, 4) is 0 Å². The van der Waals surface area contributed by atoms with Gasteiger partial charge in [-0.3, -0.25) is 0 Å². The predicted octanol–water partition coefficient (Wildman–Crippen LogP) is 1.29. The molecular formula is C12H24N2O2S3. The van der Waals surface area contributed by atoms with E-state index in [0.717, 1.165) is 30.9 Å². The molecule has 0 bridgehead atoms. The normalized spacial score (nSPS) is 29.3. The van der Waals surface area contributed by atoms with Crippen LogP contribution in [0.15, 0.2) is 0 Å². The van der Waals surface area contributed by atoms with Crippen LogP contribution in [0.5, 0.6) is 0 Å². The van der Waals surface area contributed by atoms with Crippen LogP contribution in [0.4, 0.5) is 0 Å². The number of piperidine rings is 1. The van der Waals surface area contributed by atoms with Crippen molar-refractivity contribution in [2.24, 2.45) is 0 Å². The smallest absolute Gasteiger partial charge is 0.211 e. The van der Waals surface area contributed by atoms with Crippen molar-refractivity contribution in [3.05, 3.63) is 0 Å². The van der Waals surface area contributed by atoms with Crippen LogP contribution in [0.25, 0.3) is 0 Å². The average molecular weight is 325 g/mol. The van der Waals surface area contributed by atoms with Crippen LogP contribution >= 0.6 is 23.5 Å². The van der Waals surface area contributed by atoms with E-state index >= 15 is 0 Å². The summed E-state index contributed by atoms with van der Waals surface area (Å²) in [6.45, 7) is 1.63. The second-order valence-electron chi connectivity index (χ2n) is 5.17. The fourth-order valence-electron chi connectivity index (χ4n) is 2.41. The van der Waals surface area contributed by atoms with Gasteiger partial charge in [-0.15, -0.1) is 0 Å². The van der Waals surface area contributed by atoms with Crippen LogP contribution in [-0.4, -0.2) is 55.8 Å². The first-order valence-corrected chi connectivity index (χ1v) is 10.9. The van der Waals surface area contributed by atoms with E-state index in [2.05, 4.69) is 10.0 Å². The molecule has 7 heteroatoms. The number of rotatable bonds is 6. The summed E-state index contributed by atoms with van der Waals surface area (Å²) in [5.41, 5.74) is 0. The molecule has 0 spiro atoms. The second kappa shape index (κ2) is 8.12. The van der Waals surface area contributed by atoms with Crippen LogP contribution in [0.3, 0.4) is 0 Å². The van der Waals surface area contributed by atoms with E-state index in [-0.39, 0.29) is 5.75 Å². The van der Waals surface area contributed by atoms with Gasteiger partial charge in [0.1, 0.15) is 0 Å². The Kier molecular flexibility index (Phi) is 6.82. The molecule has 0 saturated carbocycles. The number of hydrogen-bond donors (Lipinski definition) is 2. The van der Waals surface area contributed by atoms with E-state index in [0.29, 0.717) is 17.8 Å². The highest BCUT2D eigenvalue weighted by atomic mass is 32.2. The van der Waals surface area contributed by atoms with Crippen molar-refractivity contribution in [3.63, 3.8) is 0 Å². The summed E-state index contributed by atoms with van der Waals surface area (Å²) in [7, 11) is -3.09. The largest absolute Gasteiger partial charge is 0.314 e.